The van der Waals surface area contributed by atoms with Gasteiger partial charge in [-0.1, -0.05) is 0 Å². The summed E-state index contributed by atoms with van der Waals surface area (Å²) in [7, 11) is 5.64. The van der Waals surface area contributed by atoms with Crippen molar-refractivity contribution in [2.45, 2.75) is 13.0 Å². The molecule has 144 valence electrons. The van der Waals surface area contributed by atoms with Crippen LogP contribution in [0.25, 0.3) is 5.70 Å². The smallest absolute Gasteiger partial charge is 0.229 e. The Morgan fingerprint density at radius 3 is 2.79 bits per heavy atom. The summed E-state index contributed by atoms with van der Waals surface area (Å²) in [4.78, 5) is 15.5. The number of methoxy groups -OCH3 is 1. The van der Waals surface area contributed by atoms with Gasteiger partial charge in [-0.2, -0.15) is 4.98 Å². The fraction of sp³-hybridized carbons (Fsp3) is 0.286. The van der Waals surface area contributed by atoms with Crippen LogP contribution < -0.4 is 15.4 Å². The van der Waals surface area contributed by atoms with E-state index >= 15 is 0 Å². The van der Waals surface area contributed by atoms with Crippen molar-refractivity contribution in [1.29, 1.82) is 0 Å². The first kappa shape index (κ1) is 18.0. The van der Waals surface area contributed by atoms with Gasteiger partial charge in [0.15, 0.2) is 0 Å². The zero-order chi connectivity index (χ0) is 19.7. The number of hydrogen-bond donors (Lipinski definition) is 2. The Bertz CT molecular complexity index is 981. The molecule has 2 N–H and O–H groups in total. The van der Waals surface area contributed by atoms with Gasteiger partial charge in [-0.15, -0.1) is 0 Å². The number of nitrogens with zero attached hydrogens (tertiary/aromatic N) is 4. The lowest BCUT2D eigenvalue weighted by atomic mass is 10.0. The maximum atomic E-state index is 5.63. The van der Waals surface area contributed by atoms with Crippen LogP contribution in [0, 0.1) is 12.8 Å². The third kappa shape index (κ3) is 3.31. The molecule has 2 aliphatic heterocycles. The monoisotopic (exact) mass is 376 g/mol. The van der Waals surface area contributed by atoms with Crippen LogP contribution in [0.1, 0.15) is 11.3 Å². The highest BCUT2D eigenvalue weighted by Crippen LogP contribution is 2.38. The predicted octanol–water partition coefficient (Wildman–Crippen LogP) is 3.45. The van der Waals surface area contributed by atoms with Gasteiger partial charge in [-0.25, -0.2) is 4.98 Å². The highest BCUT2D eigenvalue weighted by molar-refractivity contribution is 5.81. The van der Waals surface area contributed by atoms with E-state index in [0.717, 1.165) is 34.2 Å². The molecule has 3 heterocycles. The fourth-order valence-electron chi connectivity index (χ4n) is 3.64. The summed E-state index contributed by atoms with van der Waals surface area (Å²) in [5.41, 5.74) is 3.93. The molecule has 0 fully saturated rings. The second-order valence-electron chi connectivity index (χ2n) is 6.88. The summed E-state index contributed by atoms with van der Waals surface area (Å²) < 4.78 is 5.63. The molecular formula is C21H24N6O. The first-order chi connectivity index (χ1) is 13.6. The van der Waals surface area contributed by atoms with Gasteiger partial charge in [0.05, 0.1) is 13.2 Å². The lowest BCUT2D eigenvalue weighted by molar-refractivity contribution is 0.395. The Labute approximate surface area is 164 Å². The average molecular weight is 376 g/mol. The lowest BCUT2D eigenvalue weighted by Crippen LogP contribution is -2.30. The number of likely N-dealkylation sites (N-methyl/N-ethyl adjacent to an activating group) is 1. The molecule has 0 amide bonds. The summed E-state index contributed by atoms with van der Waals surface area (Å²) in [6.45, 7) is 1.95. The average Bonchev–Trinajstić information content (AvgIpc) is 3.04. The number of rotatable bonds is 5. The molecule has 28 heavy (non-hydrogen) atoms. The van der Waals surface area contributed by atoms with Gasteiger partial charge in [-0.3, -0.25) is 4.99 Å². The van der Waals surface area contributed by atoms with Crippen molar-refractivity contribution in [3.05, 3.63) is 53.9 Å². The molecule has 0 aliphatic carbocycles. The van der Waals surface area contributed by atoms with E-state index < -0.39 is 0 Å². The standard InChI is InChI=1S/C21H24N6O/c1-13-9-20(22-2)26-21(24-13)25-15-5-6-19(28-4)16(11-15)18-10-14-12-23-8-7-17(14)27(18)3/h5-12,14,17H,1-4H3,(H2,22,24,25,26). The summed E-state index contributed by atoms with van der Waals surface area (Å²) in [6.07, 6.45) is 8.21. The molecule has 7 nitrogen and oxygen atoms in total. The molecule has 2 atom stereocenters. The summed E-state index contributed by atoms with van der Waals surface area (Å²) in [6, 6.07) is 8.19. The molecule has 1 aromatic heterocycles. The van der Waals surface area contributed by atoms with Crippen LogP contribution in [-0.4, -0.2) is 48.3 Å². The number of hydrogen-bond acceptors (Lipinski definition) is 7. The molecule has 0 saturated heterocycles. The highest BCUT2D eigenvalue weighted by Gasteiger charge is 2.32. The molecule has 0 spiro atoms. The molecule has 2 aromatic rings. The lowest BCUT2D eigenvalue weighted by Gasteiger charge is -2.27. The minimum Gasteiger partial charge on any atom is -0.496 e. The topological polar surface area (TPSA) is 74.7 Å². The Hall–Kier alpha value is -3.35. The van der Waals surface area contributed by atoms with Crippen molar-refractivity contribution in [1.82, 2.24) is 14.9 Å². The van der Waals surface area contributed by atoms with E-state index in [0.29, 0.717) is 5.95 Å². The van der Waals surface area contributed by atoms with Crippen LogP contribution in [0.5, 0.6) is 5.75 Å². The van der Waals surface area contributed by atoms with E-state index in [2.05, 4.69) is 55.8 Å². The first-order valence-electron chi connectivity index (χ1n) is 9.22. The minimum atomic E-state index is 0.268. The van der Waals surface area contributed by atoms with Crippen molar-refractivity contribution >= 4 is 29.4 Å². The SMILES string of the molecule is CNc1cc(C)nc(Nc2ccc(OC)c(C3=CC4C=NC=CC4N3C)c2)n1. The van der Waals surface area contributed by atoms with Crippen LogP contribution in [0.3, 0.4) is 0 Å². The van der Waals surface area contributed by atoms with E-state index in [1.807, 2.05) is 44.6 Å². The Balaban J connectivity index is 1.68. The third-order valence-corrected chi connectivity index (χ3v) is 5.04. The number of aryl methyl sites for hydroxylation is 1. The third-order valence-electron chi connectivity index (χ3n) is 5.04. The van der Waals surface area contributed by atoms with Gasteiger partial charge < -0.3 is 20.3 Å². The van der Waals surface area contributed by atoms with Crippen molar-refractivity contribution in [3.63, 3.8) is 0 Å². The minimum absolute atomic E-state index is 0.268. The van der Waals surface area contributed by atoms with Gasteiger partial charge in [0.2, 0.25) is 5.95 Å². The quantitative estimate of drug-likeness (QED) is 0.833. The molecule has 0 saturated carbocycles. The first-order valence-corrected chi connectivity index (χ1v) is 9.22. The van der Waals surface area contributed by atoms with Crippen molar-refractivity contribution < 1.29 is 4.74 Å². The molecule has 0 radical (unpaired) electrons. The van der Waals surface area contributed by atoms with Crippen molar-refractivity contribution in [2.75, 3.05) is 31.8 Å². The second-order valence-corrected chi connectivity index (χ2v) is 6.88. The number of fused-ring (bicyclic) bond motifs is 1. The van der Waals surface area contributed by atoms with Crippen LogP contribution in [0.15, 0.2) is 47.6 Å². The zero-order valence-corrected chi connectivity index (χ0v) is 16.5. The molecule has 4 rings (SSSR count). The Morgan fingerprint density at radius 1 is 1.18 bits per heavy atom. The molecular weight excluding hydrogens is 352 g/mol. The van der Waals surface area contributed by atoms with Crippen molar-refractivity contribution in [2.24, 2.45) is 10.9 Å². The van der Waals surface area contributed by atoms with Gasteiger partial charge in [0.25, 0.3) is 0 Å². The predicted molar refractivity (Wildman–Crippen MR) is 113 cm³/mol. The maximum Gasteiger partial charge on any atom is 0.229 e. The maximum absolute atomic E-state index is 5.63. The number of anilines is 3. The van der Waals surface area contributed by atoms with Crippen molar-refractivity contribution in [3.8, 4) is 5.75 Å². The van der Waals surface area contributed by atoms with Crippen LogP contribution >= 0.6 is 0 Å². The van der Waals surface area contributed by atoms with E-state index in [9.17, 15) is 0 Å². The summed E-state index contributed by atoms with van der Waals surface area (Å²) in [5.74, 6) is 2.42. The van der Waals surface area contributed by atoms with E-state index in [4.69, 9.17) is 4.74 Å². The number of nitrogens with one attached hydrogen (secondary N) is 2. The van der Waals surface area contributed by atoms with Gasteiger partial charge in [0, 0.05) is 61.1 Å². The number of aromatic nitrogens is 2. The largest absolute Gasteiger partial charge is 0.496 e. The van der Waals surface area contributed by atoms with E-state index in [-0.39, 0.29) is 12.0 Å². The Kier molecular flexibility index (Phi) is 4.73. The van der Waals surface area contributed by atoms with Gasteiger partial charge in [-0.05, 0) is 37.3 Å². The van der Waals surface area contributed by atoms with Crippen LogP contribution in [0.4, 0.5) is 17.5 Å². The summed E-state index contributed by atoms with van der Waals surface area (Å²) in [5, 5.41) is 6.37. The molecule has 7 heteroatoms. The fourth-order valence-corrected chi connectivity index (χ4v) is 3.64. The molecule has 0 bridgehead atoms. The van der Waals surface area contributed by atoms with Crippen LogP contribution in [-0.2, 0) is 0 Å². The van der Waals surface area contributed by atoms with Gasteiger partial charge >= 0.3 is 0 Å². The normalized spacial score (nSPS) is 20.0. The zero-order valence-electron chi connectivity index (χ0n) is 16.5. The molecule has 2 unspecified atom stereocenters. The second kappa shape index (κ2) is 7.34. The highest BCUT2D eigenvalue weighted by atomic mass is 16.5. The van der Waals surface area contributed by atoms with Crippen LogP contribution in [0.2, 0.25) is 0 Å². The number of benzene rings is 1. The van der Waals surface area contributed by atoms with E-state index in [1.54, 1.807) is 7.11 Å². The van der Waals surface area contributed by atoms with Gasteiger partial charge in [0.1, 0.15) is 11.6 Å². The summed E-state index contributed by atoms with van der Waals surface area (Å²) >= 11 is 0. The Morgan fingerprint density at radius 2 is 2.04 bits per heavy atom. The molecule has 2 aliphatic rings. The molecule has 1 aromatic carbocycles. The number of ether oxygens (including phenoxy) is 1. The number of aliphatic imine (C=N–C) groups is 1. The van der Waals surface area contributed by atoms with E-state index in [1.165, 1.54) is 0 Å².